The van der Waals surface area contributed by atoms with Crippen LogP contribution in [-0.2, 0) is 9.53 Å². The van der Waals surface area contributed by atoms with E-state index >= 15 is 0 Å². The van der Waals surface area contributed by atoms with E-state index in [1.165, 1.54) is 0 Å². The van der Waals surface area contributed by atoms with Gasteiger partial charge >= 0.3 is 0 Å². The van der Waals surface area contributed by atoms with Gasteiger partial charge in [-0.1, -0.05) is 6.92 Å². The molecule has 0 spiro atoms. The zero-order valence-corrected chi connectivity index (χ0v) is 11.0. The minimum absolute atomic E-state index is 0.275. The largest absolute Gasteiger partial charge is 0.369 e. The van der Waals surface area contributed by atoms with E-state index in [2.05, 4.69) is 0 Å². The molecule has 1 aromatic carbocycles. The van der Waals surface area contributed by atoms with Crippen molar-refractivity contribution in [1.29, 1.82) is 0 Å². The van der Waals surface area contributed by atoms with Gasteiger partial charge in [0.05, 0.1) is 17.1 Å². The molecule has 0 aromatic heterocycles. The van der Waals surface area contributed by atoms with Crippen molar-refractivity contribution in [1.82, 2.24) is 0 Å². The third-order valence-electron chi connectivity index (χ3n) is 2.52. The van der Waals surface area contributed by atoms with Crippen molar-refractivity contribution in [3.63, 3.8) is 0 Å². The summed E-state index contributed by atoms with van der Waals surface area (Å²) < 4.78 is 32.3. The Morgan fingerprint density at radius 2 is 1.95 bits per heavy atom. The molecule has 0 fully saturated rings. The molecule has 0 saturated heterocycles. The number of nitrogens with one attached hydrogen (secondary N) is 1. The molecule has 1 atom stereocenters. The standard InChI is InChI=1S/C12H14F2N2O4/c1-3-10(20-4-2)12(17)15-11-8(13)5-7(16(18)19)6-9(11)14/h5-6,10H,3-4H2,1-2H3,(H,15,17). The number of nitrogens with zero attached hydrogens (tertiary/aromatic N) is 1. The number of hydrogen-bond donors (Lipinski definition) is 1. The molecule has 1 N–H and O–H groups in total. The van der Waals surface area contributed by atoms with Crippen LogP contribution in [0.2, 0.25) is 0 Å². The predicted molar refractivity (Wildman–Crippen MR) is 67.3 cm³/mol. The number of carbonyl (C=O) groups is 1. The topological polar surface area (TPSA) is 81.5 Å². The molecule has 0 aliphatic carbocycles. The molecule has 0 heterocycles. The van der Waals surface area contributed by atoms with Gasteiger partial charge in [0.1, 0.15) is 11.8 Å². The molecule has 1 aromatic rings. The van der Waals surface area contributed by atoms with E-state index in [0.717, 1.165) is 0 Å². The van der Waals surface area contributed by atoms with Crippen molar-refractivity contribution in [3.8, 4) is 0 Å². The smallest absolute Gasteiger partial charge is 0.275 e. The van der Waals surface area contributed by atoms with Gasteiger partial charge in [-0.25, -0.2) is 8.78 Å². The van der Waals surface area contributed by atoms with Crippen molar-refractivity contribution >= 4 is 17.3 Å². The van der Waals surface area contributed by atoms with Gasteiger partial charge in [-0.2, -0.15) is 0 Å². The normalized spacial score (nSPS) is 12.0. The molecule has 0 aliphatic rings. The maximum Gasteiger partial charge on any atom is 0.275 e. The summed E-state index contributed by atoms with van der Waals surface area (Å²) in [6.45, 7) is 3.64. The van der Waals surface area contributed by atoms with E-state index in [9.17, 15) is 23.7 Å². The second-order valence-corrected chi connectivity index (χ2v) is 3.88. The number of hydrogen-bond acceptors (Lipinski definition) is 4. The molecule has 0 saturated carbocycles. The van der Waals surface area contributed by atoms with Gasteiger partial charge in [0.2, 0.25) is 0 Å². The van der Waals surface area contributed by atoms with Crippen LogP contribution >= 0.6 is 0 Å². The van der Waals surface area contributed by atoms with Crippen LogP contribution in [0.3, 0.4) is 0 Å². The average Bonchev–Trinajstić information content (AvgIpc) is 2.39. The molecule has 1 rings (SSSR count). The second-order valence-electron chi connectivity index (χ2n) is 3.88. The van der Waals surface area contributed by atoms with Gasteiger partial charge in [0, 0.05) is 6.61 Å². The molecule has 8 heteroatoms. The van der Waals surface area contributed by atoms with Crippen molar-refractivity contribution in [3.05, 3.63) is 33.9 Å². The van der Waals surface area contributed by atoms with Crippen molar-refractivity contribution < 1.29 is 23.2 Å². The molecule has 110 valence electrons. The first-order chi connectivity index (χ1) is 9.40. The van der Waals surface area contributed by atoms with E-state index in [0.29, 0.717) is 18.6 Å². The fraction of sp³-hybridized carbons (Fsp3) is 0.417. The average molecular weight is 288 g/mol. The van der Waals surface area contributed by atoms with E-state index in [-0.39, 0.29) is 6.61 Å². The van der Waals surface area contributed by atoms with Crippen molar-refractivity contribution in [2.24, 2.45) is 0 Å². The number of anilines is 1. The third-order valence-corrected chi connectivity index (χ3v) is 2.52. The van der Waals surface area contributed by atoms with Crippen molar-refractivity contribution in [2.45, 2.75) is 26.4 Å². The molecular formula is C12H14F2N2O4. The lowest BCUT2D eigenvalue weighted by Gasteiger charge is -2.15. The van der Waals surface area contributed by atoms with Gasteiger partial charge in [0.25, 0.3) is 11.6 Å². The maximum absolute atomic E-state index is 13.6. The minimum atomic E-state index is -1.21. The summed E-state index contributed by atoms with van der Waals surface area (Å²) >= 11 is 0. The van der Waals surface area contributed by atoms with Crippen LogP contribution in [-0.4, -0.2) is 23.5 Å². The number of halogens is 2. The molecule has 1 unspecified atom stereocenters. The number of non-ortho nitro benzene ring substituents is 1. The SMILES string of the molecule is CCOC(CC)C(=O)Nc1c(F)cc([N+](=O)[O-])cc1F. The number of benzene rings is 1. The predicted octanol–water partition coefficient (Wildman–Crippen LogP) is 2.63. The monoisotopic (exact) mass is 288 g/mol. The van der Waals surface area contributed by atoms with E-state index < -0.39 is 39.9 Å². The fourth-order valence-electron chi connectivity index (χ4n) is 1.57. The molecule has 1 amide bonds. The zero-order chi connectivity index (χ0) is 15.3. The molecule has 6 nitrogen and oxygen atoms in total. The first kappa shape index (κ1) is 16.0. The van der Waals surface area contributed by atoms with Crippen LogP contribution in [0.4, 0.5) is 20.2 Å². The van der Waals surface area contributed by atoms with Gasteiger partial charge < -0.3 is 10.1 Å². The maximum atomic E-state index is 13.6. The molecule has 0 aliphatic heterocycles. The first-order valence-corrected chi connectivity index (χ1v) is 5.96. The van der Waals surface area contributed by atoms with Gasteiger partial charge in [-0.3, -0.25) is 14.9 Å². The van der Waals surface area contributed by atoms with Crippen LogP contribution in [0.25, 0.3) is 0 Å². The number of nitro groups is 1. The van der Waals surface area contributed by atoms with Crippen LogP contribution in [0.5, 0.6) is 0 Å². The molecular weight excluding hydrogens is 274 g/mol. The van der Waals surface area contributed by atoms with Crippen LogP contribution in [0, 0.1) is 21.7 Å². The van der Waals surface area contributed by atoms with Gasteiger partial charge in [-0.05, 0) is 13.3 Å². The zero-order valence-electron chi connectivity index (χ0n) is 11.0. The minimum Gasteiger partial charge on any atom is -0.369 e. The molecule has 0 bridgehead atoms. The third kappa shape index (κ3) is 3.70. The Morgan fingerprint density at radius 3 is 2.35 bits per heavy atom. The summed E-state index contributed by atoms with van der Waals surface area (Å²) in [7, 11) is 0. The number of nitro benzene ring substituents is 1. The highest BCUT2D eigenvalue weighted by atomic mass is 19.1. The highest BCUT2D eigenvalue weighted by Gasteiger charge is 2.22. The van der Waals surface area contributed by atoms with Crippen LogP contribution in [0.15, 0.2) is 12.1 Å². The van der Waals surface area contributed by atoms with E-state index in [1.54, 1.807) is 13.8 Å². The van der Waals surface area contributed by atoms with E-state index in [4.69, 9.17) is 4.74 Å². The summed E-state index contributed by atoms with van der Waals surface area (Å²) in [6, 6.07) is 1.08. The Bertz CT molecular complexity index is 499. The molecule has 0 radical (unpaired) electrons. The van der Waals surface area contributed by atoms with Crippen LogP contribution in [0.1, 0.15) is 20.3 Å². The highest BCUT2D eigenvalue weighted by molar-refractivity contribution is 5.94. The Kier molecular flexibility index (Phi) is 5.51. The Morgan fingerprint density at radius 1 is 1.40 bits per heavy atom. The number of rotatable bonds is 6. The lowest BCUT2D eigenvalue weighted by molar-refractivity contribution is -0.385. The quantitative estimate of drug-likeness (QED) is 0.644. The van der Waals surface area contributed by atoms with Crippen molar-refractivity contribution in [2.75, 3.05) is 11.9 Å². The van der Waals surface area contributed by atoms with Gasteiger partial charge in [-0.15, -0.1) is 0 Å². The summed E-state index contributed by atoms with van der Waals surface area (Å²) in [4.78, 5) is 21.3. The second kappa shape index (κ2) is 6.90. The Hall–Kier alpha value is -2.09. The van der Waals surface area contributed by atoms with Crippen LogP contribution < -0.4 is 5.32 Å². The summed E-state index contributed by atoms with van der Waals surface area (Å²) in [5, 5.41) is 12.5. The number of carbonyl (C=O) groups excluding carboxylic acids is 1. The lowest BCUT2D eigenvalue weighted by Crippen LogP contribution is -2.30. The summed E-state index contributed by atoms with van der Waals surface area (Å²) in [6.07, 6.45) is -0.510. The summed E-state index contributed by atoms with van der Waals surface area (Å²) in [5.41, 5.74) is -1.45. The number of ether oxygens (including phenoxy) is 1. The first-order valence-electron chi connectivity index (χ1n) is 5.96. The Balaban J connectivity index is 2.98. The summed E-state index contributed by atoms with van der Waals surface area (Å²) in [5.74, 6) is -3.13. The van der Waals surface area contributed by atoms with E-state index in [1.807, 2.05) is 5.32 Å². The number of amides is 1. The van der Waals surface area contributed by atoms with Gasteiger partial charge in [0.15, 0.2) is 11.6 Å². The lowest BCUT2D eigenvalue weighted by atomic mass is 10.2. The highest BCUT2D eigenvalue weighted by Crippen LogP contribution is 2.25. The fourth-order valence-corrected chi connectivity index (χ4v) is 1.57. The Labute approximate surface area is 113 Å². The molecule has 20 heavy (non-hydrogen) atoms.